The second-order valence-corrected chi connectivity index (χ2v) is 11.1. The van der Waals surface area contributed by atoms with Gasteiger partial charge < -0.3 is 36.0 Å². The third kappa shape index (κ3) is 4.24. The maximum absolute atomic E-state index is 13.9. The molecule has 11 heteroatoms. The smallest absolute Gasteiger partial charge is 0.255 e. The van der Waals surface area contributed by atoms with E-state index in [0.29, 0.717) is 23.3 Å². The van der Waals surface area contributed by atoms with E-state index in [-0.39, 0.29) is 35.5 Å². The van der Waals surface area contributed by atoms with E-state index in [4.69, 9.17) is 10.5 Å². The van der Waals surface area contributed by atoms with Crippen LogP contribution in [0.4, 0.5) is 0 Å². The summed E-state index contributed by atoms with van der Waals surface area (Å²) >= 11 is 0. The summed E-state index contributed by atoms with van der Waals surface area (Å²) < 4.78 is 5.16. The number of primary amides is 1. The van der Waals surface area contributed by atoms with Crippen molar-refractivity contribution in [3.05, 3.63) is 75.6 Å². The number of hydrogen-bond donors (Lipinski definition) is 6. The zero-order valence-corrected chi connectivity index (χ0v) is 23.3. The number of aliphatic hydroxyl groups is 3. The molecule has 1 fully saturated rings. The molecule has 0 spiro atoms. The topological polar surface area (TPSA) is 191 Å². The minimum Gasteiger partial charge on any atom is -0.508 e. The van der Waals surface area contributed by atoms with Gasteiger partial charge in [0.15, 0.2) is 22.9 Å². The van der Waals surface area contributed by atoms with Crippen molar-refractivity contribution >= 4 is 29.3 Å². The molecule has 42 heavy (non-hydrogen) atoms. The minimum absolute atomic E-state index is 0.0118. The van der Waals surface area contributed by atoms with Crippen LogP contribution >= 0.6 is 0 Å². The number of phenolic OH excluding ortho intramolecular Hbond substituents is 2. The molecule has 1 saturated carbocycles. The van der Waals surface area contributed by atoms with Crippen molar-refractivity contribution in [2.45, 2.75) is 30.9 Å². The lowest BCUT2D eigenvalue weighted by Crippen LogP contribution is -2.65. The van der Waals surface area contributed by atoms with Gasteiger partial charge in [-0.1, -0.05) is 24.3 Å². The number of hydrogen-bond acceptors (Lipinski definition) is 10. The Hall–Kier alpha value is -4.61. The van der Waals surface area contributed by atoms with E-state index < -0.39 is 58.0 Å². The van der Waals surface area contributed by atoms with Crippen molar-refractivity contribution in [3.8, 4) is 17.2 Å². The van der Waals surface area contributed by atoms with Crippen molar-refractivity contribution in [2.24, 2.45) is 17.6 Å². The van der Waals surface area contributed by atoms with Crippen LogP contribution in [0.3, 0.4) is 0 Å². The molecule has 2 aromatic rings. The molecule has 3 aliphatic carbocycles. The quantitative estimate of drug-likeness (QED) is 0.277. The van der Waals surface area contributed by atoms with Gasteiger partial charge >= 0.3 is 0 Å². The van der Waals surface area contributed by atoms with E-state index in [0.717, 1.165) is 5.56 Å². The number of likely N-dealkylation sites (N-methyl/N-ethyl adjacent to an activating group) is 1. The van der Waals surface area contributed by atoms with E-state index in [2.05, 4.69) is 0 Å². The van der Waals surface area contributed by atoms with Crippen molar-refractivity contribution in [1.82, 2.24) is 4.90 Å². The number of ether oxygens (including phenoxy) is 1. The van der Waals surface area contributed by atoms with Crippen molar-refractivity contribution < 1.29 is 44.7 Å². The van der Waals surface area contributed by atoms with Gasteiger partial charge in [-0.25, -0.2) is 0 Å². The van der Waals surface area contributed by atoms with Crippen LogP contribution in [0.15, 0.2) is 53.3 Å². The normalized spacial score (nSPS) is 25.5. The SMILES string of the molecule is COc1cc(C/C=C\c2ccc(O)c3c2C[C@@H]2C[C@@H]4[C@@H](N(C)C)C(=O)C(C(N)=O)=C(O)[C@]4(O)C(=O)C2=C3O)ccc1O. The Morgan fingerprint density at radius 2 is 1.81 bits per heavy atom. The van der Waals surface area contributed by atoms with Crippen molar-refractivity contribution in [2.75, 3.05) is 21.2 Å². The number of carbonyl (C=O) groups excluding carboxylic acids is 3. The van der Waals surface area contributed by atoms with Gasteiger partial charge in [-0.15, -0.1) is 0 Å². The predicted molar refractivity (Wildman–Crippen MR) is 152 cm³/mol. The molecular formula is C31H32N2O9. The fourth-order valence-electron chi connectivity index (χ4n) is 6.60. The van der Waals surface area contributed by atoms with Gasteiger partial charge in [-0.05, 0) is 74.2 Å². The highest BCUT2D eigenvalue weighted by atomic mass is 16.5. The average Bonchev–Trinajstić information content (AvgIpc) is 2.92. The average molecular weight is 577 g/mol. The second-order valence-electron chi connectivity index (χ2n) is 11.1. The Kier molecular flexibility index (Phi) is 7.12. The zero-order chi connectivity index (χ0) is 30.7. The maximum Gasteiger partial charge on any atom is 0.255 e. The number of allylic oxidation sites excluding steroid dienone is 1. The molecule has 5 rings (SSSR count). The van der Waals surface area contributed by atoms with Crippen LogP contribution in [-0.2, 0) is 27.2 Å². The molecule has 11 nitrogen and oxygen atoms in total. The minimum atomic E-state index is -2.68. The number of nitrogens with zero attached hydrogens (tertiary/aromatic N) is 1. The number of methoxy groups -OCH3 is 1. The van der Waals surface area contributed by atoms with E-state index in [1.165, 1.54) is 24.1 Å². The zero-order valence-electron chi connectivity index (χ0n) is 23.3. The van der Waals surface area contributed by atoms with E-state index in [9.17, 15) is 39.9 Å². The van der Waals surface area contributed by atoms with Gasteiger partial charge in [0.2, 0.25) is 5.78 Å². The number of aliphatic hydroxyl groups excluding tert-OH is 2. The predicted octanol–water partition coefficient (Wildman–Crippen LogP) is 1.93. The fraction of sp³-hybridized carbons (Fsp3) is 0.323. The molecule has 2 aromatic carbocycles. The number of Topliss-reactive ketones (excluding diaryl/α,β-unsaturated/α-hetero) is 2. The lowest BCUT2D eigenvalue weighted by atomic mass is 9.57. The summed E-state index contributed by atoms with van der Waals surface area (Å²) in [6.45, 7) is 0. The molecule has 220 valence electrons. The maximum atomic E-state index is 13.9. The van der Waals surface area contributed by atoms with Gasteiger partial charge in [-0.3, -0.25) is 19.3 Å². The summed E-state index contributed by atoms with van der Waals surface area (Å²) in [7, 11) is 4.57. The molecule has 0 heterocycles. The molecule has 7 N–H and O–H groups in total. The third-order valence-corrected chi connectivity index (χ3v) is 8.54. The number of carbonyl (C=O) groups is 3. The number of fused-ring (bicyclic) bond motifs is 3. The van der Waals surface area contributed by atoms with Gasteiger partial charge in [0, 0.05) is 11.5 Å². The van der Waals surface area contributed by atoms with E-state index in [1.54, 1.807) is 32.3 Å². The highest BCUT2D eigenvalue weighted by molar-refractivity contribution is 6.24. The lowest BCUT2D eigenvalue weighted by Gasteiger charge is -2.50. The molecule has 0 aliphatic heterocycles. The lowest BCUT2D eigenvalue weighted by molar-refractivity contribution is -0.153. The number of amides is 1. The van der Waals surface area contributed by atoms with Gasteiger partial charge in [0.25, 0.3) is 5.91 Å². The second kappa shape index (κ2) is 10.3. The summed E-state index contributed by atoms with van der Waals surface area (Å²) in [6.07, 6.45) is 4.37. The molecular weight excluding hydrogens is 544 g/mol. The highest BCUT2D eigenvalue weighted by Gasteiger charge is 2.64. The standard InChI is InChI=1S/C31H32N2O9/c1-33(2)25-18-13-16-12-17-15(6-4-5-14-7-9-19(34)21(11-14)42-3)8-10-20(35)23(17)26(36)22(16)28(38)31(18,41)29(39)24(27(25)37)30(32)40/h4,6-11,16,18,25,34-36,39,41H,5,12-13H2,1-3H3,(H2,32,40)/b6-4-/t16-,18-,25-,31-/m1/s1. The molecule has 4 atom stereocenters. The number of nitrogens with two attached hydrogens (primary N) is 1. The molecule has 0 aromatic heterocycles. The van der Waals surface area contributed by atoms with E-state index in [1.807, 2.05) is 12.2 Å². The summed E-state index contributed by atoms with van der Waals surface area (Å²) in [5.41, 5.74) is 3.78. The van der Waals surface area contributed by atoms with Crippen molar-refractivity contribution in [1.29, 1.82) is 0 Å². The first kappa shape index (κ1) is 28.9. The van der Waals surface area contributed by atoms with Gasteiger partial charge in [0.05, 0.1) is 18.7 Å². The number of benzene rings is 2. The largest absolute Gasteiger partial charge is 0.508 e. The number of rotatable bonds is 6. The summed E-state index contributed by atoms with van der Waals surface area (Å²) in [6, 6.07) is 6.92. The Morgan fingerprint density at radius 1 is 1.12 bits per heavy atom. The van der Waals surface area contributed by atoms with Crippen LogP contribution in [0.5, 0.6) is 17.2 Å². The first-order valence-electron chi connectivity index (χ1n) is 13.3. The molecule has 0 saturated heterocycles. The van der Waals surface area contributed by atoms with E-state index >= 15 is 0 Å². The first-order chi connectivity index (χ1) is 19.8. The van der Waals surface area contributed by atoms with Crippen LogP contribution in [0.25, 0.3) is 11.8 Å². The van der Waals surface area contributed by atoms with Crippen LogP contribution in [0.1, 0.15) is 28.7 Å². The third-order valence-electron chi connectivity index (χ3n) is 8.54. The molecule has 3 aliphatic rings. The first-order valence-corrected chi connectivity index (χ1v) is 13.3. The van der Waals surface area contributed by atoms with Crippen LogP contribution in [-0.4, -0.2) is 80.8 Å². The molecule has 0 radical (unpaired) electrons. The highest BCUT2D eigenvalue weighted by Crippen LogP contribution is 2.53. The van der Waals surface area contributed by atoms with Crippen molar-refractivity contribution in [3.63, 3.8) is 0 Å². The molecule has 0 bridgehead atoms. The Bertz CT molecular complexity index is 1620. The van der Waals surface area contributed by atoms with Gasteiger partial charge in [0.1, 0.15) is 22.8 Å². The Morgan fingerprint density at radius 3 is 2.45 bits per heavy atom. The van der Waals surface area contributed by atoms with Crippen LogP contribution in [0.2, 0.25) is 0 Å². The Balaban J connectivity index is 1.58. The summed E-state index contributed by atoms with van der Waals surface area (Å²) in [5.74, 6) is -6.51. The fourth-order valence-corrected chi connectivity index (χ4v) is 6.60. The Labute approximate surface area is 241 Å². The summed E-state index contributed by atoms with van der Waals surface area (Å²) in [5, 5.41) is 54.6. The monoisotopic (exact) mass is 576 g/mol. The van der Waals surface area contributed by atoms with Gasteiger partial charge in [-0.2, -0.15) is 0 Å². The molecule has 1 amide bonds. The van der Waals surface area contributed by atoms with Crippen LogP contribution in [0, 0.1) is 11.8 Å². The molecule has 0 unspecified atom stereocenters. The van der Waals surface area contributed by atoms with Crippen LogP contribution < -0.4 is 10.5 Å². The number of phenols is 2. The summed E-state index contributed by atoms with van der Waals surface area (Å²) in [4.78, 5) is 40.7. The number of ketones is 2. The number of aromatic hydroxyl groups is 2.